The van der Waals surface area contributed by atoms with E-state index in [0.29, 0.717) is 0 Å². The second kappa shape index (κ2) is 9.92. The minimum absolute atomic E-state index is 0.737. The largest absolute Gasteiger partial charge is 0.383 e. The molecule has 0 radical (unpaired) electrons. The molecule has 0 heterocycles. The van der Waals surface area contributed by atoms with Crippen LogP contribution in [0.2, 0.25) is 0 Å². The zero-order valence-corrected chi connectivity index (χ0v) is 14.9. The summed E-state index contributed by atoms with van der Waals surface area (Å²) in [5.41, 5.74) is 1.38. The molecule has 0 saturated carbocycles. The summed E-state index contributed by atoms with van der Waals surface area (Å²) in [4.78, 5) is 0. The molecule has 1 unspecified atom stereocenters. The Morgan fingerprint density at radius 1 is 1.21 bits per heavy atom. The van der Waals surface area contributed by atoms with Gasteiger partial charge in [-0.1, -0.05) is 38.8 Å². The average Bonchev–Trinajstić information content (AvgIpc) is 2.39. The Kier molecular flexibility index (Phi) is 8.95. The third kappa shape index (κ3) is 7.45. The van der Waals surface area contributed by atoms with Crippen LogP contribution < -0.4 is 5.32 Å². The molecule has 4 heteroatoms. The molecule has 1 aromatic rings. The topological polar surface area (TPSA) is 21.3 Å². The number of benzene rings is 1. The third-order valence-corrected chi connectivity index (χ3v) is 4.48. The highest BCUT2D eigenvalue weighted by molar-refractivity contribution is 9.11. The van der Waals surface area contributed by atoms with Gasteiger partial charge in [-0.15, -0.1) is 0 Å². The molecular formula is C15H23Br2NO. The van der Waals surface area contributed by atoms with Gasteiger partial charge in [0.15, 0.2) is 0 Å². The molecule has 0 saturated heterocycles. The predicted octanol–water partition coefficient (Wildman–Crippen LogP) is 4.41. The van der Waals surface area contributed by atoms with E-state index in [1.165, 1.54) is 22.9 Å². The Labute approximate surface area is 133 Å². The summed E-state index contributed by atoms with van der Waals surface area (Å²) in [6, 6.07) is 6.38. The SMILES string of the molecule is COCCNCCC(C)CCc1cc(Br)ccc1Br. The van der Waals surface area contributed by atoms with Crippen molar-refractivity contribution in [3.63, 3.8) is 0 Å². The van der Waals surface area contributed by atoms with Crippen molar-refractivity contribution in [2.45, 2.75) is 26.2 Å². The maximum Gasteiger partial charge on any atom is 0.0587 e. The smallest absolute Gasteiger partial charge is 0.0587 e. The molecule has 1 aromatic carbocycles. The van der Waals surface area contributed by atoms with Gasteiger partial charge >= 0.3 is 0 Å². The average molecular weight is 393 g/mol. The van der Waals surface area contributed by atoms with Crippen LogP contribution in [-0.2, 0) is 11.2 Å². The number of hydrogen-bond acceptors (Lipinski definition) is 2. The van der Waals surface area contributed by atoms with Crippen molar-refractivity contribution in [3.05, 3.63) is 32.7 Å². The lowest BCUT2D eigenvalue weighted by Gasteiger charge is -2.13. The summed E-state index contributed by atoms with van der Waals surface area (Å²) in [6.45, 7) is 5.13. The van der Waals surface area contributed by atoms with Gasteiger partial charge in [-0.25, -0.2) is 0 Å². The number of methoxy groups -OCH3 is 1. The molecule has 0 aromatic heterocycles. The lowest BCUT2D eigenvalue weighted by Crippen LogP contribution is -2.21. The Morgan fingerprint density at radius 2 is 2.00 bits per heavy atom. The van der Waals surface area contributed by atoms with Crippen LogP contribution in [0.15, 0.2) is 27.1 Å². The highest BCUT2D eigenvalue weighted by atomic mass is 79.9. The molecule has 0 amide bonds. The highest BCUT2D eigenvalue weighted by Gasteiger charge is 2.05. The van der Waals surface area contributed by atoms with E-state index >= 15 is 0 Å². The van der Waals surface area contributed by atoms with E-state index < -0.39 is 0 Å². The molecule has 0 aliphatic rings. The van der Waals surface area contributed by atoms with Gasteiger partial charge in [0, 0.05) is 22.6 Å². The lowest BCUT2D eigenvalue weighted by molar-refractivity contribution is 0.199. The fourth-order valence-corrected chi connectivity index (χ4v) is 2.78. The minimum Gasteiger partial charge on any atom is -0.383 e. The second-order valence-electron chi connectivity index (χ2n) is 4.91. The summed E-state index contributed by atoms with van der Waals surface area (Å²) in [5, 5.41) is 3.39. The Balaban J connectivity index is 2.22. The van der Waals surface area contributed by atoms with Gasteiger partial charge in [0.2, 0.25) is 0 Å². The van der Waals surface area contributed by atoms with Gasteiger partial charge in [0.05, 0.1) is 6.61 Å². The fourth-order valence-electron chi connectivity index (χ4n) is 1.93. The van der Waals surface area contributed by atoms with Crippen molar-refractivity contribution in [2.75, 3.05) is 26.8 Å². The maximum absolute atomic E-state index is 5.01. The maximum atomic E-state index is 5.01. The lowest BCUT2D eigenvalue weighted by atomic mass is 9.98. The molecule has 1 N–H and O–H groups in total. The van der Waals surface area contributed by atoms with E-state index in [-0.39, 0.29) is 0 Å². The van der Waals surface area contributed by atoms with E-state index in [2.05, 4.69) is 62.3 Å². The van der Waals surface area contributed by atoms with E-state index in [4.69, 9.17) is 4.74 Å². The van der Waals surface area contributed by atoms with Crippen LogP contribution >= 0.6 is 31.9 Å². The molecule has 2 nitrogen and oxygen atoms in total. The van der Waals surface area contributed by atoms with Crippen LogP contribution in [0.5, 0.6) is 0 Å². The quantitative estimate of drug-likeness (QED) is 0.628. The van der Waals surface area contributed by atoms with Crippen LogP contribution in [0.1, 0.15) is 25.3 Å². The van der Waals surface area contributed by atoms with Crippen LogP contribution in [0, 0.1) is 5.92 Å². The summed E-state index contributed by atoms with van der Waals surface area (Å²) >= 11 is 7.14. The van der Waals surface area contributed by atoms with E-state index in [9.17, 15) is 0 Å². The van der Waals surface area contributed by atoms with Crippen molar-refractivity contribution in [3.8, 4) is 0 Å². The number of ether oxygens (including phenoxy) is 1. The molecule has 108 valence electrons. The summed E-state index contributed by atoms with van der Waals surface area (Å²) in [5.74, 6) is 0.737. The molecule has 0 aliphatic carbocycles. The minimum atomic E-state index is 0.737. The van der Waals surface area contributed by atoms with Gasteiger partial charge in [-0.05, 0) is 55.5 Å². The van der Waals surface area contributed by atoms with Crippen LogP contribution in [0.4, 0.5) is 0 Å². The first-order valence-electron chi connectivity index (χ1n) is 6.77. The zero-order chi connectivity index (χ0) is 14.1. The van der Waals surface area contributed by atoms with Crippen molar-refractivity contribution in [2.24, 2.45) is 5.92 Å². The number of hydrogen-bond donors (Lipinski definition) is 1. The standard InChI is InChI=1S/C15H23Br2NO/c1-12(7-8-18-9-10-19-2)3-4-13-11-14(16)5-6-15(13)17/h5-6,11-12,18H,3-4,7-10H2,1-2H3. The normalized spacial score (nSPS) is 12.6. The van der Waals surface area contributed by atoms with Gasteiger partial charge in [0.1, 0.15) is 0 Å². The molecule has 1 atom stereocenters. The van der Waals surface area contributed by atoms with Crippen molar-refractivity contribution in [1.82, 2.24) is 5.32 Å². The van der Waals surface area contributed by atoms with Crippen molar-refractivity contribution < 1.29 is 4.74 Å². The van der Waals surface area contributed by atoms with Crippen LogP contribution in [-0.4, -0.2) is 26.8 Å². The first-order valence-corrected chi connectivity index (χ1v) is 8.35. The first kappa shape index (κ1) is 17.2. The third-order valence-electron chi connectivity index (χ3n) is 3.21. The summed E-state index contributed by atoms with van der Waals surface area (Å²) < 4.78 is 7.37. The fraction of sp³-hybridized carbons (Fsp3) is 0.600. The number of aryl methyl sites for hydroxylation is 1. The van der Waals surface area contributed by atoms with E-state index in [1.807, 2.05) is 0 Å². The monoisotopic (exact) mass is 391 g/mol. The Hall–Kier alpha value is 0.1000. The summed E-state index contributed by atoms with van der Waals surface area (Å²) in [6.07, 6.45) is 3.57. The molecule has 0 fully saturated rings. The van der Waals surface area contributed by atoms with Crippen LogP contribution in [0.25, 0.3) is 0 Å². The van der Waals surface area contributed by atoms with Crippen LogP contribution in [0.3, 0.4) is 0 Å². The predicted molar refractivity (Wildman–Crippen MR) is 88.7 cm³/mol. The van der Waals surface area contributed by atoms with Crippen molar-refractivity contribution >= 4 is 31.9 Å². The molecular weight excluding hydrogens is 370 g/mol. The Morgan fingerprint density at radius 3 is 2.74 bits per heavy atom. The summed E-state index contributed by atoms with van der Waals surface area (Å²) in [7, 11) is 1.74. The number of halogens is 2. The van der Waals surface area contributed by atoms with E-state index in [1.54, 1.807) is 7.11 Å². The second-order valence-corrected chi connectivity index (χ2v) is 6.68. The van der Waals surface area contributed by atoms with E-state index in [0.717, 1.165) is 36.5 Å². The number of nitrogens with one attached hydrogen (secondary N) is 1. The molecule has 0 spiro atoms. The van der Waals surface area contributed by atoms with Gasteiger partial charge in [-0.3, -0.25) is 0 Å². The van der Waals surface area contributed by atoms with Gasteiger partial charge in [0.25, 0.3) is 0 Å². The van der Waals surface area contributed by atoms with Gasteiger partial charge in [-0.2, -0.15) is 0 Å². The molecule has 0 bridgehead atoms. The van der Waals surface area contributed by atoms with Gasteiger partial charge < -0.3 is 10.1 Å². The molecule has 19 heavy (non-hydrogen) atoms. The molecule has 0 aliphatic heterocycles. The number of rotatable bonds is 9. The molecule has 1 rings (SSSR count). The highest BCUT2D eigenvalue weighted by Crippen LogP contribution is 2.24. The van der Waals surface area contributed by atoms with Crippen molar-refractivity contribution in [1.29, 1.82) is 0 Å². The first-order chi connectivity index (χ1) is 9.13. The Bertz CT molecular complexity index is 371. The zero-order valence-electron chi connectivity index (χ0n) is 11.7.